The van der Waals surface area contributed by atoms with Crippen LogP contribution in [0.1, 0.15) is 20.3 Å². The number of carbonyl (C=O) groups is 1. The fourth-order valence-corrected chi connectivity index (χ4v) is 5.02. The van der Waals surface area contributed by atoms with E-state index in [9.17, 15) is 20.1 Å². The van der Waals surface area contributed by atoms with Gasteiger partial charge in [0.25, 0.3) is 0 Å². The Bertz CT molecular complexity index is 552. The molecule has 2 saturated heterocycles. The predicted molar refractivity (Wildman–Crippen MR) is 70.4 cm³/mol. The molecule has 0 radical (unpaired) electrons. The highest BCUT2D eigenvalue weighted by molar-refractivity contribution is 6.00. The Labute approximate surface area is 122 Å². The van der Waals surface area contributed by atoms with Crippen molar-refractivity contribution < 1.29 is 29.6 Å². The number of hydrogen-bond acceptors (Lipinski definition) is 6. The van der Waals surface area contributed by atoms with E-state index in [-0.39, 0.29) is 5.78 Å². The lowest BCUT2D eigenvalue weighted by molar-refractivity contribution is -0.244. The molecule has 0 aromatic rings. The molecule has 3 N–H and O–H groups in total. The molecule has 2 aliphatic carbocycles. The van der Waals surface area contributed by atoms with Crippen LogP contribution in [0, 0.1) is 10.8 Å². The first-order valence-electron chi connectivity index (χ1n) is 7.33. The molecule has 2 heterocycles. The maximum Gasteiger partial charge on any atom is 0.187 e. The minimum atomic E-state index is -1.35. The second kappa shape index (κ2) is 3.75. The van der Waals surface area contributed by atoms with Crippen LogP contribution in [0.4, 0.5) is 0 Å². The van der Waals surface area contributed by atoms with Crippen LogP contribution in [0.15, 0.2) is 11.6 Å². The molecule has 21 heavy (non-hydrogen) atoms. The number of rotatable bonds is 1. The van der Waals surface area contributed by atoms with Crippen LogP contribution in [-0.4, -0.2) is 64.3 Å². The molecule has 7 atom stereocenters. The topological polar surface area (TPSA) is 99.5 Å². The first-order valence-corrected chi connectivity index (χ1v) is 7.33. The molecular formula is C15H20O6. The van der Waals surface area contributed by atoms with Crippen molar-refractivity contribution in [3.05, 3.63) is 11.6 Å². The Morgan fingerprint density at radius 3 is 2.67 bits per heavy atom. The number of fused-ring (bicyclic) bond motifs is 2. The molecule has 6 nitrogen and oxygen atoms in total. The first-order chi connectivity index (χ1) is 9.84. The van der Waals surface area contributed by atoms with Gasteiger partial charge in [0.2, 0.25) is 0 Å². The summed E-state index contributed by atoms with van der Waals surface area (Å²) in [6, 6.07) is 0. The van der Waals surface area contributed by atoms with E-state index >= 15 is 0 Å². The summed E-state index contributed by atoms with van der Waals surface area (Å²) in [5.41, 5.74) is -2.16. The zero-order valence-electron chi connectivity index (χ0n) is 12.1. The van der Waals surface area contributed by atoms with Gasteiger partial charge >= 0.3 is 0 Å². The van der Waals surface area contributed by atoms with Gasteiger partial charge in [0.15, 0.2) is 5.78 Å². The molecule has 1 saturated carbocycles. The summed E-state index contributed by atoms with van der Waals surface area (Å²) in [6.45, 7) is 3.55. The summed E-state index contributed by atoms with van der Waals surface area (Å²) in [4.78, 5) is 12.3. The van der Waals surface area contributed by atoms with Gasteiger partial charge in [-0.25, -0.2) is 0 Å². The SMILES string of the molecule is CC1=C[C@H]2O[C@H]3[C@H](O)C[C@](C)([C@]2(CO)[C@@H](O)C1=O)[C@]31CO1. The van der Waals surface area contributed by atoms with Crippen molar-refractivity contribution in [2.75, 3.05) is 13.2 Å². The van der Waals surface area contributed by atoms with Gasteiger partial charge in [-0.05, 0) is 25.0 Å². The molecule has 116 valence electrons. The number of aliphatic hydroxyl groups excluding tert-OH is 3. The molecule has 4 rings (SSSR count). The van der Waals surface area contributed by atoms with E-state index in [0.717, 1.165) is 0 Å². The highest BCUT2D eigenvalue weighted by Crippen LogP contribution is 2.70. The molecule has 2 aliphatic heterocycles. The average Bonchev–Trinajstić information content (AvgIpc) is 3.20. The lowest BCUT2D eigenvalue weighted by atomic mass is 9.50. The van der Waals surface area contributed by atoms with Gasteiger partial charge in [-0.1, -0.05) is 6.92 Å². The number of ketones is 1. The van der Waals surface area contributed by atoms with Crippen LogP contribution in [0.3, 0.4) is 0 Å². The number of ether oxygens (including phenoxy) is 2. The van der Waals surface area contributed by atoms with Gasteiger partial charge in [0.05, 0.1) is 30.8 Å². The zero-order chi connectivity index (χ0) is 15.2. The second-order valence-electron chi connectivity index (χ2n) is 7.07. The van der Waals surface area contributed by atoms with Crippen LogP contribution in [0.25, 0.3) is 0 Å². The second-order valence-corrected chi connectivity index (χ2v) is 7.07. The first kappa shape index (κ1) is 13.8. The third-order valence-electron chi connectivity index (χ3n) is 6.43. The number of Topliss-reactive ketones (excluding diaryl/α,β-unsaturated/α-hetero) is 1. The van der Waals surface area contributed by atoms with E-state index in [4.69, 9.17) is 9.47 Å². The number of carbonyl (C=O) groups excluding carboxylic acids is 1. The molecule has 3 fully saturated rings. The Kier molecular flexibility index (Phi) is 2.47. The van der Waals surface area contributed by atoms with E-state index in [2.05, 4.69) is 0 Å². The largest absolute Gasteiger partial charge is 0.396 e. The average molecular weight is 296 g/mol. The maximum atomic E-state index is 12.3. The quantitative estimate of drug-likeness (QED) is 0.546. The summed E-state index contributed by atoms with van der Waals surface area (Å²) < 4.78 is 11.6. The molecule has 2 bridgehead atoms. The number of hydrogen-bond donors (Lipinski definition) is 3. The normalized spacial score (nSPS) is 58.1. The van der Waals surface area contributed by atoms with Crippen molar-refractivity contribution in [3.8, 4) is 0 Å². The summed E-state index contributed by atoms with van der Waals surface area (Å²) in [7, 11) is 0. The lowest BCUT2D eigenvalue weighted by Crippen LogP contribution is -2.70. The molecule has 0 unspecified atom stereocenters. The molecule has 1 spiro atoms. The van der Waals surface area contributed by atoms with Crippen LogP contribution >= 0.6 is 0 Å². The Balaban J connectivity index is 1.95. The Morgan fingerprint density at radius 1 is 1.43 bits per heavy atom. The highest BCUT2D eigenvalue weighted by atomic mass is 16.6. The van der Waals surface area contributed by atoms with Crippen molar-refractivity contribution in [2.45, 2.75) is 50.3 Å². The van der Waals surface area contributed by atoms with Crippen molar-refractivity contribution in [2.24, 2.45) is 10.8 Å². The van der Waals surface area contributed by atoms with Crippen LogP contribution in [0.2, 0.25) is 0 Å². The Hall–Kier alpha value is -0.790. The van der Waals surface area contributed by atoms with Gasteiger partial charge in [-0.2, -0.15) is 0 Å². The molecule has 6 heteroatoms. The fraction of sp³-hybridized carbons (Fsp3) is 0.800. The van der Waals surface area contributed by atoms with Crippen molar-refractivity contribution in [3.63, 3.8) is 0 Å². The smallest absolute Gasteiger partial charge is 0.187 e. The van der Waals surface area contributed by atoms with E-state index in [1.807, 2.05) is 6.92 Å². The third-order valence-corrected chi connectivity index (χ3v) is 6.43. The molecule has 0 aromatic carbocycles. The van der Waals surface area contributed by atoms with Crippen molar-refractivity contribution in [1.29, 1.82) is 0 Å². The van der Waals surface area contributed by atoms with E-state index in [0.29, 0.717) is 18.6 Å². The Morgan fingerprint density at radius 2 is 2.10 bits per heavy atom. The number of aliphatic hydroxyl groups is 3. The lowest BCUT2D eigenvalue weighted by Gasteiger charge is -2.58. The van der Waals surface area contributed by atoms with E-state index in [1.54, 1.807) is 13.0 Å². The van der Waals surface area contributed by atoms with Gasteiger partial charge < -0.3 is 24.8 Å². The maximum absolute atomic E-state index is 12.3. The molecule has 4 aliphatic rings. The monoisotopic (exact) mass is 296 g/mol. The van der Waals surface area contributed by atoms with Crippen LogP contribution in [-0.2, 0) is 14.3 Å². The van der Waals surface area contributed by atoms with E-state index < -0.39 is 47.5 Å². The van der Waals surface area contributed by atoms with Gasteiger partial charge in [-0.15, -0.1) is 0 Å². The minimum absolute atomic E-state index is 0.339. The third kappa shape index (κ3) is 1.22. The summed E-state index contributed by atoms with van der Waals surface area (Å²) in [5, 5.41) is 31.1. The van der Waals surface area contributed by atoms with Crippen LogP contribution < -0.4 is 0 Å². The molecule has 0 aromatic heterocycles. The number of epoxide rings is 1. The standard InChI is InChI=1S/C15H20O6/c1-7-3-9-14(5-16,11(19)10(7)18)13(2)4-8(17)12(21-9)15(13)6-20-15/h3,8-9,11-12,16-17,19H,4-6H2,1-2H3/t8-,9-,11+,12+,13-,14+,15+/m1/s1. The minimum Gasteiger partial charge on any atom is -0.396 e. The summed E-state index contributed by atoms with van der Waals surface area (Å²) in [5.74, 6) is -0.388. The summed E-state index contributed by atoms with van der Waals surface area (Å²) in [6.07, 6.45) is -1.14. The fourth-order valence-electron chi connectivity index (χ4n) is 5.02. The van der Waals surface area contributed by atoms with Crippen LogP contribution in [0.5, 0.6) is 0 Å². The van der Waals surface area contributed by atoms with Crippen molar-refractivity contribution >= 4 is 5.78 Å². The zero-order valence-corrected chi connectivity index (χ0v) is 12.1. The molecular weight excluding hydrogens is 276 g/mol. The van der Waals surface area contributed by atoms with Gasteiger partial charge in [-0.3, -0.25) is 4.79 Å². The molecule has 0 amide bonds. The van der Waals surface area contributed by atoms with Crippen molar-refractivity contribution in [1.82, 2.24) is 0 Å². The highest BCUT2D eigenvalue weighted by Gasteiger charge is 2.83. The van der Waals surface area contributed by atoms with Gasteiger partial charge in [0, 0.05) is 5.41 Å². The summed E-state index contributed by atoms with van der Waals surface area (Å²) >= 11 is 0. The van der Waals surface area contributed by atoms with Gasteiger partial charge in [0.1, 0.15) is 17.8 Å². The van der Waals surface area contributed by atoms with E-state index in [1.165, 1.54) is 0 Å². The predicted octanol–water partition coefficient (Wildman–Crippen LogP) is -0.838.